The van der Waals surface area contributed by atoms with E-state index in [2.05, 4.69) is 5.10 Å². The first-order valence-electron chi connectivity index (χ1n) is 5.85. The molecule has 102 valence electrons. The van der Waals surface area contributed by atoms with E-state index in [-0.39, 0.29) is 10.6 Å². The summed E-state index contributed by atoms with van der Waals surface area (Å²) >= 11 is 0. The van der Waals surface area contributed by atoms with Crippen molar-refractivity contribution in [1.29, 1.82) is 0 Å². The number of sulfone groups is 1. The van der Waals surface area contributed by atoms with Crippen molar-refractivity contribution in [3.8, 4) is 5.69 Å². The highest BCUT2D eigenvalue weighted by molar-refractivity contribution is 7.90. The fourth-order valence-electron chi connectivity index (χ4n) is 2.00. The minimum absolute atomic E-state index is 0.134. The topological polar surface area (TPSA) is 78.0 Å². The summed E-state index contributed by atoms with van der Waals surface area (Å²) in [5.74, 6) is 0. The molecule has 0 atom stereocenters. The second-order valence-corrected chi connectivity index (χ2v) is 6.65. The molecule has 0 aliphatic carbocycles. The Morgan fingerprint density at radius 2 is 1.84 bits per heavy atom. The average Bonchev–Trinajstić information content (AvgIpc) is 2.56. The van der Waals surface area contributed by atoms with Crippen LogP contribution in [-0.2, 0) is 9.84 Å². The Kier molecular flexibility index (Phi) is 3.14. The zero-order valence-electron chi connectivity index (χ0n) is 11.4. The van der Waals surface area contributed by atoms with E-state index in [1.165, 1.54) is 6.07 Å². The summed E-state index contributed by atoms with van der Waals surface area (Å²) in [5.41, 5.74) is 9.75. The lowest BCUT2D eigenvalue weighted by molar-refractivity contribution is 0.602. The molecule has 0 saturated carbocycles. The van der Waals surface area contributed by atoms with Crippen LogP contribution in [0.4, 0.5) is 5.69 Å². The van der Waals surface area contributed by atoms with Crippen LogP contribution < -0.4 is 5.73 Å². The van der Waals surface area contributed by atoms with Gasteiger partial charge in [0.05, 0.1) is 22.0 Å². The smallest absolute Gasteiger partial charge is 0.177 e. The molecule has 1 heterocycles. The Hall–Kier alpha value is -1.82. The summed E-state index contributed by atoms with van der Waals surface area (Å²) in [4.78, 5) is 0.134. The number of nitrogens with two attached hydrogens (primary N) is 1. The lowest BCUT2D eigenvalue weighted by Crippen LogP contribution is -2.08. The van der Waals surface area contributed by atoms with Crippen LogP contribution in [0.25, 0.3) is 5.69 Å². The Labute approximate surface area is 113 Å². The molecule has 0 bridgehead atoms. The molecule has 0 aliphatic heterocycles. The molecule has 1 aromatic carbocycles. The molecule has 2 N–H and O–H groups in total. The van der Waals surface area contributed by atoms with E-state index in [0.717, 1.165) is 23.2 Å². The molecular weight excluding hydrogens is 262 g/mol. The van der Waals surface area contributed by atoms with Gasteiger partial charge in [0.25, 0.3) is 0 Å². The summed E-state index contributed by atoms with van der Waals surface area (Å²) < 4.78 is 25.1. The van der Waals surface area contributed by atoms with Crippen molar-refractivity contribution in [3.05, 3.63) is 35.2 Å². The van der Waals surface area contributed by atoms with Gasteiger partial charge in [0.2, 0.25) is 0 Å². The SMILES string of the molecule is Cc1nn(-c2cccc(S(C)(=O)=O)c2N)c(C)c1C. The zero-order valence-corrected chi connectivity index (χ0v) is 12.2. The van der Waals surface area contributed by atoms with E-state index >= 15 is 0 Å². The van der Waals surface area contributed by atoms with Gasteiger partial charge in [0.15, 0.2) is 9.84 Å². The predicted molar refractivity (Wildman–Crippen MR) is 75.3 cm³/mol. The molecule has 0 fully saturated rings. The molecule has 5 nitrogen and oxygen atoms in total. The third-order valence-electron chi connectivity index (χ3n) is 3.32. The molecule has 0 spiro atoms. The first-order valence-corrected chi connectivity index (χ1v) is 7.74. The van der Waals surface area contributed by atoms with Gasteiger partial charge in [0, 0.05) is 11.9 Å². The predicted octanol–water partition coefficient (Wildman–Crippen LogP) is 1.78. The molecular formula is C13H17N3O2S. The van der Waals surface area contributed by atoms with Crippen molar-refractivity contribution >= 4 is 15.5 Å². The number of nitrogens with zero attached hydrogens (tertiary/aromatic N) is 2. The number of aryl methyl sites for hydroxylation is 1. The molecule has 0 saturated heterocycles. The fourth-order valence-corrected chi connectivity index (χ4v) is 2.83. The lowest BCUT2D eigenvalue weighted by Gasteiger charge is -2.11. The van der Waals surface area contributed by atoms with E-state index in [1.807, 2.05) is 20.8 Å². The van der Waals surface area contributed by atoms with Gasteiger partial charge in [-0.05, 0) is 38.5 Å². The van der Waals surface area contributed by atoms with Crippen LogP contribution in [0, 0.1) is 20.8 Å². The van der Waals surface area contributed by atoms with E-state index in [9.17, 15) is 8.42 Å². The molecule has 0 unspecified atom stereocenters. The maximum Gasteiger partial charge on any atom is 0.177 e. The third kappa shape index (κ3) is 2.23. The Bertz CT molecular complexity index is 745. The van der Waals surface area contributed by atoms with E-state index in [4.69, 9.17) is 5.73 Å². The minimum Gasteiger partial charge on any atom is -0.396 e. The molecule has 1 aromatic heterocycles. The van der Waals surface area contributed by atoms with Crippen molar-refractivity contribution < 1.29 is 8.42 Å². The van der Waals surface area contributed by atoms with Crippen molar-refractivity contribution in [2.24, 2.45) is 0 Å². The van der Waals surface area contributed by atoms with Gasteiger partial charge >= 0.3 is 0 Å². The van der Waals surface area contributed by atoms with Gasteiger partial charge in [-0.25, -0.2) is 13.1 Å². The summed E-state index contributed by atoms with van der Waals surface area (Å²) in [6.07, 6.45) is 1.15. The van der Waals surface area contributed by atoms with Gasteiger partial charge < -0.3 is 5.73 Å². The largest absolute Gasteiger partial charge is 0.396 e. The molecule has 2 rings (SSSR count). The van der Waals surface area contributed by atoms with Gasteiger partial charge in [-0.2, -0.15) is 5.10 Å². The second-order valence-electron chi connectivity index (χ2n) is 4.67. The van der Waals surface area contributed by atoms with Crippen molar-refractivity contribution in [1.82, 2.24) is 9.78 Å². The molecule has 0 amide bonds. The van der Waals surface area contributed by atoms with Crippen LogP contribution in [0.3, 0.4) is 0 Å². The number of anilines is 1. The van der Waals surface area contributed by atoms with Crippen molar-refractivity contribution in [2.45, 2.75) is 25.7 Å². The molecule has 0 aliphatic rings. The second kappa shape index (κ2) is 4.38. The van der Waals surface area contributed by atoms with Crippen LogP contribution in [-0.4, -0.2) is 24.5 Å². The van der Waals surface area contributed by atoms with Gasteiger partial charge in [-0.3, -0.25) is 0 Å². The normalized spacial score (nSPS) is 11.8. The van der Waals surface area contributed by atoms with Crippen molar-refractivity contribution in [3.63, 3.8) is 0 Å². The maximum absolute atomic E-state index is 11.7. The fraction of sp³-hybridized carbons (Fsp3) is 0.308. The number of aromatic nitrogens is 2. The summed E-state index contributed by atoms with van der Waals surface area (Å²) in [6, 6.07) is 4.95. The highest BCUT2D eigenvalue weighted by atomic mass is 32.2. The number of hydrogen-bond donors (Lipinski definition) is 1. The molecule has 6 heteroatoms. The number of hydrogen-bond acceptors (Lipinski definition) is 4. The maximum atomic E-state index is 11.7. The van der Waals surface area contributed by atoms with Crippen LogP contribution >= 0.6 is 0 Å². The first kappa shape index (κ1) is 13.6. The van der Waals surface area contributed by atoms with Gasteiger partial charge in [0.1, 0.15) is 0 Å². The van der Waals surface area contributed by atoms with E-state index in [0.29, 0.717) is 5.69 Å². The Morgan fingerprint density at radius 1 is 1.21 bits per heavy atom. The summed E-state index contributed by atoms with van der Waals surface area (Å²) in [6.45, 7) is 5.82. The first-order chi connectivity index (χ1) is 8.73. The van der Waals surface area contributed by atoms with Crippen LogP contribution in [0.2, 0.25) is 0 Å². The highest BCUT2D eigenvalue weighted by Gasteiger charge is 2.17. The van der Waals surface area contributed by atoms with Crippen molar-refractivity contribution in [2.75, 3.05) is 12.0 Å². The summed E-state index contributed by atoms with van der Waals surface area (Å²) in [5, 5.41) is 4.41. The van der Waals surface area contributed by atoms with Crippen LogP contribution in [0.5, 0.6) is 0 Å². The lowest BCUT2D eigenvalue weighted by atomic mass is 10.2. The zero-order chi connectivity index (χ0) is 14.4. The average molecular weight is 279 g/mol. The van der Waals surface area contributed by atoms with Gasteiger partial charge in [-0.15, -0.1) is 0 Å². The van der Waals surface area contributed by atoms with Crippen LogP contribution in [0.1, 0.15) is 17.0 Å². The molecule has 19 heavy (non-hydrogen) atoms. The van der Waals surface area contributed by atoms with E-state index < -0.39 is 9.84 Å². The monoisotopic (exact) mass is 279 g/mol. The quantitative estimate of drug-likeness (QED) is 0.850. The molecule has 0 radical (unpaired) electrons. The Balaban J connectivity index is 2.74. The third-order valence-corrected chi connectivity index (χ3v) is 4.48. The number of benzene rings is 1. The summed E-state index contributed by atoms with van der Waals surface area (Å²) in [7, 11) is -3.35. The standard InChI is InChI=1S/C13H17N3O2S/c1-8-9(2)15-16(10(8)3)11-6-5-7-12(13(11)14)19(4,17)18/h5-7H,14H2,1-4H3. The highest BCUT2D eigenvalue weighted by Crippen LogP contribution is 2.27. The van der Waals surface area contributed by atoms with Gasteiger partial charge in [-0.1, -0.05) is 6.07 Å². The van der Waals surface area contributed by atoms with E-state index in [1.54, 1.807) is 16.8 Å². The van der Waals surface area contributed by atoms with Crippen LogP contribution in [0.15, 0.2) is 23.1 Å². The Morgan fingerprint density at radius 3 is 2.32 bits per heavy atom. The number of rotatable bonds is 2. The minimum atomic E-state index is -3.35. The number of nitrogen functional groups attached to an aromatic ring is 1. The number of para-hydroxylation sites is 1. The molecule has 2 aromatic rings.